The average Bonchev–Trinajstić information content (AvgIpc) is 2.20. The van der Waals surface area contributed by atoms with Crippen molar-refractivity contribution in [3.8, 4) is 0 Å². The first-order chi connectivity index (χ1) is 7.41. The van der Waals surface area contributed by atoms with Crippen molar-refractivity contribution in [2.75, 3.05) is 19.6 Å². The third kappa shape index (κ3) is 9.00. The molecule has 0 saturated carbocycles. The van der Waals surface area contributed by atoms with E-state index < -0.39 is 24.5 Å². The summed E-state index contributed by atoms with van der Waals surface area (Å²) in [5.41, 5.74) is 0. The van der Waals surface area contributed by atoms with Crippen molar-refractivity contribution in [3.63, 3.8) is 0 Å². The molecule has 7 nitrogen and oxygen atoms in total. The van der Waals surface area contributed by atoms with Gasteiger partial charge in [-0.05, 0) is 0 Å². The van der Waals surface area contributed by atoms with E-state index in [4.69, 9.17) is 5.11 Å². The first kappa shape index (κ1) is 14.4. The highest BCUT2D eigenvalue weighted by molar-refractivity contribution is 9.11. The Balaban J connectivity index is 3.63. The monoisotopic (exact) mass is 293 g/mol. The van der Waals surface area contributed by atoms with Crippen molar-refractivity contribution in [2.45, 2.75) is 0 Å². The van der Waals surface area contributed by atoms with Crippen molar-refractivity contribution in [1.29, 1.82) is 0 Å². The Morgan fingerprint density at radius 1 is 1.06 bits per heavy atom. The molecule has 0 atom stereocenters. The summed E-state index contributed by atoms with van der Waals surface area (Å²) in [6, 6.07) is -0.536. The van der Waals surface area contributed by atoms with Gasteiger partial charge >= 0.3 is 12.0 Å². The van der Waals surface area contributed by atoms with Crippen LogP contribution in [-0.2, 0) is 9.59 Å². The van der Waals surface area contributed by atoms with Gasteiger partial charge in [0.25, 0.3) is 0 Å². The molecule has 0 unspecified atom stereocenters. The highest BCUT2D eigenvalue weighted by Gasteiger charge is 2.05. The summed E-state index contributed by atoms with van der Waals surface area (Å²) < 4.78 is 0.595. The van der Waals surface area contributed by atoms with E-state index in [-0.39, 0.29) is 13.1 Å². The van der Waals surface area contributed by atoms with Crippen LogP contribution in [0.15, 0.2) is 11.1 Å². The molecular formula is C8H12BrN3O4. The zero-order chi connectivity index (χ0) is 12.6. The lowest BCUT2D eigenvalue weighted by molar-refractivity contribution is -0.137. The van der Waals surface area contributed by atoms with Crippen LogP contribution in [0.5, 0.6) is 0 Å². The maximum Gasteiger partial charge on any atom is 0.322 e. The van der Waals surface area contributed by atoms with Crippen LogP contribution in [0.1, 0.15) is 0 Å². The summed E-state index contributed by atoms with van der Waals surface area (Å²) in [7, 11) is 0. The van der Waals surface area contributed by atoms with Gasteiger partial charge in [0, 0.05) is 4.48 Å². The molecule has 4 N–H and O–H groups in total. The van der Waals surface area contributed by atoms with Crippen molar-refractivity contribution in [3.05, 3.63) is 11.1 Å². The van der Waals surface area contributed by atoms with Crippen molar-refractivity contribution < 1.29 is 19.5 Å². The average molecular weight is 294 g/mol. The van der Waals surface area contributed by atoms with E-state index in [2.05, 4.69) is 38.5 Å². The maximum atomic E-state index is 11.0. The van der Waals surface area contributed by atoms with Gasteiger partial charge in [-0.3, -0.25) is 9.59 Å². The molecule has 0 saturated heterocycles. The maximum absolute atomic E-state index is 11.0. The van der Waals surface area contributed by atoms with Crippen molar-refractivity contribution in [1.82, 2.24) is 16.0 Å². The number of hydrogen-bond acceptors (Lipinski definition) is 3. The number of carbonyl (C=O) groups excluding carboxylic acids is 2. The van der Waals surface area contributed by atoms with Gasteiger partial charge in [0.1, 0.15) is 6.54 Å². The summed E-state index contributed by atoms with van der Waals surface area (Å²) in [5.74, 6) is -1.72. The normalized spacial score (nSPS) is 9.06. The summed E-state index contributed by atoms with van der Waals surface area (Å²) in [6.07, 6.45) is 0. The first-order valence-electron chi connectivity index (χ1n) is 4.25. The molecule has 0 aliphatic carbocycles. The smallest absolute Gasteiger partial charge is 0.322 e. The minimum atomic E-state index is -1.15. The molecule has 0 rings (SSSR count). The number of urea groups is 1. The SMILES string of the molecule is C=C(Br)CNC(=O)NCC(=O)NCC(=O)O. The Labute approximate surface area is 100 Å². The van der Waals surface area contributed by atoms with Crippen LogP contribution >= 0.6 is 15.9 Å². The number of carbonyl (C=O) groups is 3. The topological polar surface area (TPSA) is 108 Å². The number of halogens is 1. The number of amides is 3. The van der Waals surface area contributed by atoms with Gasteiger partial charge in [0.15, 0.2) is 0 Å². The zero-order valence-corrected chi connectivity index (χ0v) is 9.96. The number of rotatable bonds is 6. The fourth-order valence-corrected chi connectivity index (χ4v) is 0.776. The second-order valence-corrected chi connectivity index (χ2v) is 3.85. The van der Waals surface area contributed by atoms with Gasteiger partial charge < -0.3 is 21.1 Å². The van der Waals surface area contributed by atoms with E-state index in [9.17, 15) is 14.4 Å². The Hall–Kier alpha value is -1.57. The molecule has 0 fully saturated rings. The van der Waals surface area contributed by atoms with Crippen LogP contribution in [0, 0.1) is 0 Å². The lowest BCUT2D eigenvalue weighted by Crippen LogP contribution is -2.43. The van der Waals surface area contributed by atoms with E-state index in [0.29, 0.717) is 4.48 Å². The molecule has 0 aromatic heterocycles. The van der Waals surface area contributed by atoms with Gasteiger partial charge in [-0.2, -0.15) is 0 Å². The molecule has 16 heavy (non-hydrogen) atoms. The lowest BCUT2D eigenvalue weighted by Gasteiger charge is -2.06. The van der Waals surface area contributed by atoms with Crippen LogP contribution in [0.4, 0.5) is 4.79 Å². The molecule has 0 aromatic rings. The van der Waals surface area contributed by atoms with Gasteiger partial charge in [0.2, 0.25) is 5.91 Å². The Kier molecular flexibility index (Phi) is 6.93. The Morgan fingerprint density at radius 2 is 1.62 bits per heavy atom. The van der Waals surface area contributed by atoms with E-state index >= 15 is 0 Å². The fourth-order valence-electron chi connectivity index (χ4n) is 0.636. The number of carboxylic acids is 1. The summed E-state index contributed by atoms with van der Waals surface area (Å²) >= 11 is 3.04. The quantitative estimate of drug-likeness (QED) is 0.524. The number of carboxylic acid groups (broad SMARTS) is 1. The van der Waals surface area contributed by atoms with Crippen LogP contribution in [0.25, 0.3) is 0 Å². The molecular weight excluding hydrogens is 282 g/mol. The largest absolute Gasteiger partial charge is 0.480 e. The van der Waals surface area contributed by atoms with E-state index in [1.807, 2.05) is 0 Å². The minimum absolute atomic E-state index is 0.239. The first-order valence-corrected chi connectivity index (χ1v) is 5.04. The van der Waals surface area contributed by atoms with Gasteiger partial charge in [-0.15, -0.1) is 0 Å². The summed E-state index contributed by atoms with van der Waals surface area (Å²) in [6.45, 7) is 2.98. The van der Waals surface area contributed by atoms with Gasteiger partial charge in [0.05, 0.1) is 13.1 Å². The highest BCUT2D eigenvalue weighted by atomic mass is 79.9. The second kappa shape index (κ2) is 7.69. The molecule has 3 amide bonds. The van der Waals surface area contributed by atoms with E-state index in [1.165, 1.54) is 0 Å². The third-order valence-corrected chi connectivity index (χ3v) is 1.57. The predicted molar refractivity (Wildman–Crippen MR) is 60.1 cm³/mol. The third-order valence-electron chi connectivity index (χ3n) is 1.29. The molecule has 0 heterocycles. The number of hydrogen-bond donors (Lipinski definition) is 4. The molecule has 0 aromatic carbocycles. The predicted octanol–water partition coefficient (Wildman–Crippen LogP) is -0.605. The van der Waals surface area contributed by atoms with Crippen LogP contribution in [-0.4, -0.2) is 42.6 Å². The minimum Gasteiger partial charge on any atom is -0.480 e. The molecule has 0 aliphatic heterocycles. The van der Waals surface area contributed by atoms with Crippen LogP contribution < -0.4 is 16.0 Å². The Bertz CT molecular complexity index is 276. The molecule has 90 valence electrons. The fraction of sp³-hybridized carbons (Fsp3) is 0.375. The van der Waals surface area contributed by atoms with Gasteiger partial charge in [-0.1, -0.05) is 22.5 Å². The van der Waals surface area contributed by atoms with Crippen molar-refractivity contribution >= 4 is 33.8 Å². The molecule has 0 aliphatic rings. The summed E-state index contributed by atoms with van der Waals surface area (Å²) in [4.78, 5) is 32.0. The highest BCUT2D eigenvalue weighted by Crippen LogP contribution is 1.95. The van der Waals surface area contributed by atoms with Crippen LogP contribution in [0.3, 0.4) is 0 Å². The zero-order valence-electron chi connectivity index (χ0n) is 8.38. The standard InChI is InChI=1S/C8H12BrN3O4/c1-5(9)2-11-8(16)12-3-6(13)10-4-7(14)15/h1-4H2,(H,10,13)(H,14,15)(H2,11,12,16). The number of aliphatic carboxylic acids is 1. The molecule has 0 radical (unpaired) electrons. The van der Waals surface area contributed by atoms with Gasteiger partial charge in [-0.25, -0.2) is 4.79 Å². The lowest BCUT2D eigenvalue weighted by atomic mass is 10.5. The Morgan fingerprint density at radius 3 is 2.12 bits per heavy atom. The van der Waals surface area contributed by atoms with Crippen molar-refractivity contribution in [2.24, 2.45) is 0 Å². The summed E-state index contributed by atoms with van der Waals surface area (Å²) in [5, 5.41) is 15.0. The molecule has 0 bridgehead atoms. The van der Waals surface area contributed by atoms with E-state index in [0.717, 1.165) is 0 Å². The molecule has 0 spiro atoms. The number of nitrogens with one attached hydrogen (secondary N) is 3. The van der Waals surface area contributed by atoms with Crippen LogP contribution in [0.2, 0.25) is 0 Å². The molecule has 8 heteroatoms. The second-order valence-electron chi connectivity index (χ2n) is 2.72. The van der Waals surface area contributed by atoms with E-state index in [1.54, 1.807) is 0 Å².